The number of hydrogen-bond acceptors (Lipinski definition) is 1. The van der Waals surface area contributed by atoms with Crippen molar-refractivity contribution in [1.29, 1.82) is 0 Å². The standard InChI is InChI=1S/C15H15BrFN/c1-10(18-2)12-5-3-4-6-13(12)14-9-11(16)7-8-15(14)17/h3-10,18H,1-2H3. The normalized spacial score (nSPS) is 12.4. The first kappa shape index (κ1) is 13.2. The quantitative estimate of drug-likeness (QED) is 0.878. The molecule has 1 nitrogen and oxygen atoms in total. The van der Waals surface area contributed by atoms with Crippen molar-refractivity contribution in [1.82, 2.24) is 5.32 Å². The molecule has 1 atom stereocenters. The van der Waals surface area contributed by atoms with E-state index in [1.807, 2.05) is 37.4 Å². The molecule has 94 valence electrons. The number of benzene rings is 2. The summed E-state index contributed by atoms with van der Waals surface area (Å²) < 4.78 is 14.8. The summed E-state index contributed by atoms with van der Waals surface area (Å²) in [7, 11) is 1.90. The summed E-state index contributed by atoms with van der Waals surface area (Å²) in [6, 6.07) is 13.1. The van der Waals surface area contributed by atoms with Gasteiger partial charge in [0.15, 0.2) is 0 Å². The Bertz CT molecular complexity index is 554. The summed E-state index contributed by atoms with van der Waals surface area (Å²) in [5.74, 6) is -0.200. The lowest BCUT2D eigenvalue weighted by Crippen LogP contribution is -2.13. The Kier molecular flexibility index (Phi) is 4.15. The topological polar surface area (TPSA) is 12.0 Å². The number of rotatable bonds is 3. The molecule has 0 saturated heterocycles. The van der Waals surface area contributed by atoms with E-state index in [9.17, 15) is 4.39 Å². The molecule has 0 saturated carbocycles. The van der Waals surface area contributed by atoms with E-state index < -0.39 is 0 Å². The van der Waals surface area contributed by atoms with Crippen molar-refractivity contribution in [3.05, 3.63) is 58.3 Å². The Morgan fingerprint density at radius 1 is 1.11 bits per heavy atom. The first-order valence-electron chi connectivity index (χ1n) is 5.85. The molecule has 0 aromatic heterocycles. The van der Waals surface area contributed by atoms with E-state index in [4.69, 9.17) is 0 Å². The number of halogens is 2. The van der Waals surface area contributed by atoms with E-state index in [1.165, 1.54) is 6.07 Å². The third kappa shape index (κ3) is 2.62. The zero-order valence-corrected chi connectivity index (χ0v) is 12.0. The molecule has 0 aliphatic carbocycles. The average molecular weight is 308 g/mol. The molecule has 0 aliphatic rings. The van der Waals surface area contributed by atoms with Crippen LogP contribution in [0.3, 0.4) is 0 Å². The minimum Gasteiger partial charge on any atom is -0.313 e. The van der Waals surface area contributed by atoms with Gasteiger partial charge in [-0.05, 0) is 43.3 Å². The van der Waals surface area contributed by atoms with Crippen LogP contribution in [0, 0.1) is 5.82 Å². The predicted octanol–water partition coefficient (Wildman–Crippen LogP) is 4.54. The highest BCUT2D eigenvalue weighted by Gasteiger charge is 2.13. The Balaban J connectivity index is 2.60. The molecule has 1 N–H and O–H groups in total. The van der Waals surface area contributed by atoms with Crippen LogP contribution in [0.4, 0.5) is 4.39 Å². The second-order valence-corrected chi connectivity index (χ2v) is 5.14. The highest BCUT2D eigenvalue weighted by Crippen LogP contribution is 2.31. The second kappa shape index (κ2) is 5.63. The molecule has 0 bridgehead atoms. The van der Waals surface area contributed by atoms with Crippen LogP contribution in [-0.4, -0.2) is 7.05 Å². The minimum atomic E-state index is -0.200. The summed E-state index contributed by atoms with van der Waals surface area (Å²) in [5, 5.41) is 3.19. The zero-order valence-electron chi connectivity index (χ0n) is 10.4. The van der Waals surface area contributed by atoms with Gasteiger partial charge >= 0.3 is 0 Å². The van der Waals surface area contributed by atoms with Gasteiger partial charge in [0.2, 0.25) is 0 Å². The highest BCUT2D eigenvalue weighted by atomic mass is 79.9. The lowest BCUT2D eigenvalue weighted by molar-refractivity contribution is 0.628. The van der Waals surface area contributed by atoms with Crippen molar-refractivity contribution in [2.75, 3.05) is 7.05 Å². The third-order valence-corrected chi connectivity index (χ3v) is 3.57. The maximum Gasteiger partial charge on any atom is 0.131 e. The summed E-state index contributed by atoms with van der Waals surface area (Å²) in [6.07, 6.45) is 0. The van der Waals surface area contributed by atoms with Gasteiger partial charge < -0.3 is 5.32 Å². The summed E-state index contributed by atoms with van der Waals surface area (Å²) in [5.41, 5.74) is 2.65. The third-order valence-electron chi connectivity index (χ3n) is 3.08. The van der Waals surface area contributed by atoms with E-state index in [0.29, 0.717) is 5.56 Å². The fourth-order valence-electron chi connectivity index (χ4n) is 1.98. The van der Waals surface area contributed by atoms with Gasteiger partial charge in [-0.3, -0.25) is 0 Å². The number of hydrogen-bond donors (Lipinski definition) is 1. The van der Waals surface area contributed by atoms with Crippen molar-refractivity contribution < 1.29 is 4.39 Å². The maximum atomic E-state index is 14.0. The second-order valence-electron chi connectivity index (χ2n) is 4.22. The Labute approximate surface area is 115 Å². The molecule has 0 fully saturated rings. The van der Waals surface area contributed by atoms with Crippen molar-refractivity contribution in [2.24, 2.45) is 0 Å². The Morgan fingerprint density at radius 3 is 2.56 bits per heavy atom. The van der Waals surface area contributed by atoms with Crippen LogP contribution in [0.1, 0.15) is 18.5 Å². The molecule has 2 aromatic carbocycles. The van der Waals surface area contributed by atoms with Gasteiger partial charge in [-0.15, -0.1) is 0 Å². The Morgan fingerprint density at radius 2 is 1.83 bits per heavy atom. The molecule has 0 spiro atoms. The molecule has 0 aliphatic heterocycles. The van der Waals surface area contributed by atoms with Crippen molar-refractivity contribution in [3.63, 3.8) is 0 Å². The van der Waals surface area contributed by atoms with Crippen LogP contribution >= 0.6 is 15.9 Å². The Hall–Kier alpha value is -1.19. The predicted molar refractivity (Wildman–Crippen MR) is 77.0 cm³/mol. The SMILES string of the molecule is CNC(C)c1ccccc1-c1cc(Br)ccc1F. The first-order chi connectivity index (χ1) is 8.63. The van der Waals surface area contributed by atoms with E-state index in [2.05, 4.69) is 28.2 Å². The largest absolute Gasteiger partial charge is 0.313 e. The van der Waals surface area contributed by atoms with E-state index >= 15 is 0 Å². The summed E-state index contributed by atoms with van der Waals surface area (Å²) in [6.45, 7) is 2.06. The van der Waals surface area contributed by atoms with Crippen LogP contribution in [0.25, 0.3) is 11.1 Å². The van der Waals surface area contributed by atoms with Crippen LogP contribution in [0.5, 0.6) is 0 Å². The minimum absolute atomic E-state index is 0.180. The maximum absolute atomic E-state index is 14.0. The van der Waals surface area contributed by atoms with Gasteiger partial charge in [0.25, 0.3) is 0 Å². The molecule has 2 aromatic rings. The number of nitrogens with one attached hydrogen (secondary N) is 1. The van der Waals surface area contributed by atoms with Crippen LogP contribution in [-0.2, 0) is 0 Å². The molecule has 0 heterocycles. The van der Waals surface area contributed by atoms with Crippen LogP contribution in [0.2, 0.25) is 0 Å². The van der Waals surface area contributed by atoms with Crippen molar-refractivity contribution >= 4 is 15.9 Å². The smallest absolute Gasteiger partial charge is 0.131 e. The van der Waals surface area contributed by atoms with E-state index in [1.54, 1.807) is 6.07 Å². The zero-order chi connectivity index (χ0) is 13.1. The molecule has 18 heavy (non-hydrogen) atoms. The van der Waals surface area contributed by atoms with E-state index in [0.717, 1.165) is 15.6 Å². The van der Waals surface area contributed by atoms with Crippen molar-refractivity contribution in [2.45, 2.75) is 13.0 Å². The fourth-order valence-corrected chi connectivity index (χ4v) is 2.34. The van der Waals surface area contributed by atoms with Gasteiger partial charge in [-0.1, -0.05) is 40.2 Å². The monoisotopic (exact) mass is 307 g/mol. The first-order valence-corrected chi connectivity index (χ1v) is 6.64. The van der Waals surface area contributed by atoms with Gasteiger partial charge in [0.05, 0.1) is 0 Å². The molecule has 2 rings (SSSR count). The fraction of sp³-hybridized carbons (Fsp3) is 0.200. The summed E-state index contributed by atoms with van der Waals surface area (Å²) in [4.78, 5) is 0. The van der Waals surface area contributed by atoms with Gasteiger partial charge in [-0.2, -0.15) is 0 Å². The van der Waals surface area contributed by atoms with E-state index in [-0.39, 0.29) is 11.9 Å². The van der Waals surface area contributed by atoms with Gasteiger partial charge in [0, 0.05) is 16.1 Å². The molecule has 1 unspecified atom stereocenters. The van der Waals surface area contributed by atoms with Crippen LogP contribution in [0.15, 0.2) is 46.9 Å². The molecular formula is C15H15BrFN. The molecule has 3 heteroatoms. The average Bonchev–Trinajstić information content (AvgIpc) is 2.40. The van der Waals surface area contributed by atoms with Gasteiger partial charge in [-0.25, -0.2) is 4.39 Å². The molecule has 0 radical (unpaired) electrons. The highest BCUT2D eigenvalue weighted by molar-refractivity contribution is 9.10. The molecule has 0 amide bonds. The summed E-state index contributed by atoms with van der Waals surface area (Å²) >= 11 is 3.39. The molecular weight excluding hydrogens is 293 g/mol. The van der Waals surface area contributed by atoms with Crippen LogP contribution < -0.4 is 5.32 Å². The lowest BCUT2D eigenvalue weighted by Gasteiger charge is -2.16. The van der Waals surface area contributed by atoms with Crippen molar-refractivity contribution in [3.8, 4) is 11.1 Å². The van der Waals surface area contributed by atoms with Gasteiger partial charge in [0.1, 0.15) is 5.82 Å². The lowest BCUT2D eigenvalue weighted by atomic mass is 9.95.